The van der Waals surface area contributed by atoms with E-state index < -0.39 is 0 Å². The quantitative estimate of drug-likeness (QED) is 0.598. The van der Waals surface area contributed by atoms with Gasteiger partial charge in [0.2, 0.25) is 0 Å². The second-order valence-corrected chi connectivity index (χ2v) is 3.77. The van der Waals surface area contributed by atoms with Crippen molar-refractivity contribution in [3.63, 3.8) is 0 Å². The second kappa shape index (κ2) is 4.30. The fourth-order valence-electron chi connectivity index (χ4n) is 0.852. The monoisotopic (exact) mass is 326 g/mol. The van der Waals surface area contributed by atoms with Gasteiger partial charge < -0.3 is 4.74 Å². The molecule has 0 saturated heterocycles. The third-order valence-corrected chi connectivity index (χ3v) is 2.70. The highest BCUT2D eigenvalue weighted by Gasteiger charge is 2.00. The molecule has 3 heteroatoms. The molecule has 1 nitrogen and oxygen atoms in total. The van der Waals surface area contributed by atoms with Crippen LogP contribution in [0.4, 0.5) is 0 Å². The van der Waals surface area contributed by atoms with E-state index in [2.05, 4.69) is 44.6 Å². The van der Waals surface area contributed by atoms with E-state index in [9.17, 15) is 0 Å². The lowest BCUT2D eigenvalue weighted by molar-refractivity contribution is 0.411. The van der Waals surface area contributed by atoms with E-state index in [1.807, 2.05) is 12.1 Å². The van der Waals surface area contributed by atoms with Gasteiger partial charge in [0.25, 0.3) is 0 Å². The Morgan fingerprint density at radius 2 is 2.27 bits per heavy atom. The number of rotatable bonds is 2. The SMILES string of the molecule is COc1ccc(Br)cc1CI. The molecule has 0 bridgehead atoms. The lowest BCUT2D eigenvalue weighted by Gasteiger charge is -2.05. The third kappa shape index (κ3) is 2.33. The number of alkyl halides is 1. The van der Waals surface area contributed by atoms with Gasteiger partial charge in [-0.2, -0.15) is 0 Å². The van der Waals surface area contributed by atoms with Gasteiger partial charge in [-0.15, -0.1) is 0 Å². The van der Waals surface area contributed by atoms with Crippen LogP contribution in [0.3, 0.4) is 0 Å². The summed E-state index contributed by atoms with van der Waals surface area (Å²) in [6.45, 7) is 0. The molecule has 0 aliphatic heterocycles. The Balaban J connectivity index is 3.06. The zero-order valence-corrected chi connectivity index (χ0v) is 9.85. The van der Waals surface area contributed by atoms with Crippen molar-refractivity contribution >= 4 is 38.5 Å². The molecule has 0 radical (unpaired) electrons. The summed E-state index contributed by atoms with van der Waals surface area (Å²) >= 11 is 5.73. The molecule has 0 heterocycles. The van der Waals surface area contributed by atoms with E-state index in [1.54, 1.807) is 7.11 Å². The largest absolute Gasteiger partial charge is 0.496 e. The standard InChI is InChI=1S/C8H8BrIO/c1-11-8-3-2-7(9)4-6(8)5-10/h2-4H,5H2,1H3. The van der Waals surface area contributed by atoms with Gasteiger partial charge in [0.15, 0.2) is 0 Å². The molecule has 0 aliphatic carbocycles. The molecule has 1 rings (SSSR count). The van der Waals surface area contributed by atoms with Crippen LogP contribution in [0.25, 0.3) is 0 Å². The highest BCUT2D eigenvalue weighted by molar-refractivity contribution is 14.1. The summed E-state index contributed by atoms with van der Waals surface area (Å²) in [7, 11) is 1.69. The van der Waals surface area contributed by atoms with Crippen LogP contribution in [0.5, 0.6) is 5.75 Å². The molecule has 1 aromatic rings. The van der Waals surface area contributed by atoms with Gasteiger partial charge in [-0.25, -0.2) is 0 Å². The summed E-state index contributed by atoms with van der Waals surface area (Å²) in [6, 6.07) is 6.03. The molecular formula is C8H8BrIO. The van der Waals surface area contributed by atoms with Crippen molar-refractivity contribution in [2.45, 2.75) is 4.43 Å². The van der Waals surface area contributed by atoms with Gasteiger partial charge in [0, 0.05) is 14.5 Å². The molecule has 0 N–H and O–H groups in total. The molecule has 0 spiro atoms. The van der Waals surface area contributed by atoms with Gasteiger partial charge in [-0.1, -0.05) is 38.5 Å². The molecule has 0 fully saturated rings. The minimum Gasteiger partial charge on any atom is -0.496 e. The maximum Gasteiger partial charge on any atom is 0.122 e. The van der Waals surface area contributed by atoms with Crippen molar-refractivity contribution in [3.05, 3.63) is 28.2 Å². The van der Waals surface area contributed by atoms with Crippen LogP contribution >= 0.6 is 38.5 Å². The first-order chi connectivity index (χ1) is 5.27. The highest BCUT2D eigenvalue weighted by Crippen LogP contribution is 2.24. The minimum atomic E-state index is 0.961. The van der Waals surface area contributed by atoms with Gasteiger partial charge in [0.1, 0.15) is 5.75 Å². The first kappa shape index (κ1) is 9.32. The number of methoxy groups -OCH3 is 1. The summed E-state index contributed by atoms with van der Waals surface area (Å²) < 4.78 is 7.24. The van der Waals surface area contributed by atoms with Crippen LogP contribution in [0.15, 0.2) is 22.7 Å². The van der Waals surface area contributed by atoms with Crippen molar-refractivity contribution in [2.75, 3.05) is 7.11 Å². The van der Waals surface area contributed by atoms with Crippen molar-refractivity contribution in [3.8, 4) is 5.75 Å². The third-order valence-electron chi connectivity index (χ3n) is 1.39. The van der Waals surface area contributed by atoms with Crippen molar-refractivity contribution in [2.24, 2.45) is 0 Å². The zero-order valence-electron chi connectivity index (χ0n) is 6.10. The molecule has 0 unspecified atom stereocenters. The molecule has 0 aliphatic rings. The normalized spacial score (nSPS) is 9.73. The first-order valence-corrected chi connectivity index (χ1v) is 5.48. The Morgan fingerprint density at radius 3 is 2.82 bits per heavy atom. The summed E-state index contributed by atoms with van der Waals surface area (Å²) in [6.07, 6.45) is 0. The minimum absolute atomic E-state index is 0.961. The molecular weight excluding hydrogens is 319 g/mol. The van der Waals surface area contributed by atoms with E-state index in [0.29, 0.717) is 0 Å². The summed E-state index contributed by atoms with van der Waals surface area (Å²) in [4.78, 5) is 0. The number of hydrogen-bond acceptors (Lipinski definition) is 1. The van der Waals surface area contributed by atoms with Crippen LogP contribution in [0, 0.1) is 0 Å². The number of benzene rings is 1. The molecule has 60 valence electrons. The smallest absolute Gasteiger partial charge is 0.122 e. The van der Waals surface area contributed by atoms with Crippen LogP contribution in [0.1, 0.15) is 5.56 Å². The molecule has 0 amide bonds. The lowest BCUT2D eigenvalue weighted by Crippen LogP contribution is -1.88. The van der Waals surface area contributed by atoms with Crippen LogP contribution < -0.4 is 4.74 Å². The van der Waals surface area contributed by atoms with Crippen molar-refractivity contribution in [1.82, 2.24) is 0 Å². The lowest BCUT2D eigenvalue weighted by atomic mass is 10.2. The van der Waals surface area contributed by atoms with Crippen molar-refractivity contribution in [1.29, 1.82) is 0 Å². The Labute approximate surface area is 88.4 Å². The van der Waals surface area contributed by atoms with E-state index in [1.165, 1.54) is 5.56 Å². The van der Waals surface area contributed by atoms with Crippen molar-refractivity contribution < 1.29 is 4.74 Å². The molecule has 11 heavy (non-hydrogen) atoms. The van der Waals surface area contributed by atoms with E-state index in [0.717, 1.165) is 14.6 Å². The second-order valence-electron chi connectivity index (χ2n) is 2.09. The summed E-state index contributed by atoms with van der Waals surface area (Å²) in [5.41, 5.74) is 1.22. The highest BCUT2D eigenvalue weighted by atomic mass is 127. The van der Waals surface area contributed by atoms with Gasteiger partial charge in [-0.3, -0.25) is 0 Å². The van der Waals surface area contributed by atoms with Crippen LogP contribution in [0.2, 0.25) is 0 Å². The first-order valence-electron chi connectivity index (χ1n) is 3.16. The maximum absolute atomic E-state index is 5.17. The summed E-state index contributed by atoms with van der Waals surface area (Å²) in [5, 5.41) is 0. The number of ether oxygens (including phenoxy) is 1. The fourth-order valence-corrected chi connectivity index (χ4v) is 1.86. The van der Waals surface area contributed by atoms with Gasteiger partial charge in [-0.05, 0) is 18.2 Å². The Hall–Kier alpha value is 0.230. The van der Waals surface area contributed by atoms with E-state index >= 15 is 0 Å². The Bertz CT molecular complexity index is 250. The summed E-state index contributed by atoms with van der Waals surface area (Å²) in [5.74, 6) is 0.961. The molecule has 0 aromatic heterocycles. The van der Waals surface area contributed by atoms with Crippen LogP contribution in [-0.4, -0.2) is 7.11 Å². The Kier molecular flexibility index (Phi) is 3.65. The molecule has 1 aromatic carbocycles. The molecule has 0 atom stereocenters. The maximum atomic E-state index is 5.17. The van der Waals surface area contributed by atoms with E-state index in [4.69, 9.17) is 4.74 Å². The van der Waals surface area contributed by atoms with E-state index in [-0.39, 0.29) is 0 Å². The average molecular weight is 327 g/mol. The average Bonchev–Trinajstić information content (AvgIpc) is 2.04. The predicted octanol–water partition coefficient (Wildman–Crippen LogP) is 3.39. The van der Waals surface area contributed by atoms with Crippen LogP contribution in [-0.2, 0) is 4.43 Å². The fraction of sp³-hybridized carbons (Fsp3) is 0.250. The number of halogens is 2. The predicted molar refractivity (Wildman–Crippen MR) is 58.4 cm³/mol. The zero-order chi connectivity index (χ0) is 8.27. The van der Waals surface area contributed by atoms with Gasteiger partial charge >= 0.3 is 0 Å². The van der Waals surface area contributed by atoms with Gasteiger partial charge in [0.05, 0.1) is 7.11 Å². The molecule has 0 saturated carbocycles. The Morgan fingerprint density at radius 1 is 1.55 bits per heavy atom. The topological polar surface area (TPSA) is 9.23 Å². The number of hydrogen-bond donors (Lipinski definition) is 0.